The second-order valence-electron chi connectivity index (χ2n) is 5.54. The molecule has 1 amide bonds. The molecule has 1 aliphatic rings. The van der Waals surface area contributed by atoms with Crippen molar-refractivity contribution in [1.29, 1.82) is 0 Å². The number of nitrogens with zero attached hydrogens (tertiary/aromatic N) is 2. The first-order chi connectivity index (χ1) is 11.9. The number of amides is 1. The summed E-state index contributed by atoms with van der Waals surface area (Å²) in [5, 5.41) is 28.0. The Bertz CT molecular complexity index is 718. The number of amidine groups is 1. The summed E-state index contributed by atoms with van der Waals surface area (Å²) in [5.41, 5.74) is 1.34. The van der Waals surface area contributed by atoms with E-state index in [1.54, 1.807) is 18.2 Å². The van der Waals surface area contributed by atoms with Gasteiger partial charge in [-0.2, -0.15) is 5.10 Å². The van der Waals surface area contributed by atoms with Crippen LogP contribution in [-0.4, -0.2) is 44.8 Å². The van der Waals surface area contributed by atoms with Crippen LogP contribution in [0.5, 0.6) is 5.75 Å². The molecule has 25 heavy (non-hydrogen) atoms. The van der Waals surface area contributed by atoms with Gasteiger partial charge in [0.05, 0.1) is 25.3 Å². The predicted octanol–water partition coefficient (Wildman–Crippen LogP) is 1.36. The van der Waals surface area contributed by atoms with Crippen molar-refractivity contribution in [2.24, 2.45) is 10.2 Å². The fourth-order valence-corrected chi connectivity index (χ4v) is 2.98. The van der Waals surface area contributed by atoms with E-state index in [-0.39, 0.29) is 30.2 Å². The van der Waals surface area contributed by atoms with Crippen LogP contribution in [0.2, 0.25) is 0 Å². The standard InChI is InChI=1S/C16H19N3O5S/c1-9(2)24-12-4-3-10(5-11(12)8-20)7-17-19-16-18-15(23)13(25-16)6-14(21)22/h3-5,7,9,13,20H,6,8H2,1-2H3,(H,21,22)(H,18,19,23). The first-order valence-electron chi connectivity index (χ1n) is 7.59. The number of aliphatic carboxylic acids is 1. The molecule has 0 spiro atoms. The molecule has 1 aromatic carbocycles. The summed E-state index contributed by atoms with van der Waals surface area (Å²) in [6, 6.07) is 5.25. The van der Waals surface area contributed by atoms with E-state index in [1.807, 2.05) is 13.8 Å². The molecule has 1 atom stereocenters. The van der Waals surface area contributed by atoms with Gasteiger partial charge in [0, 0.05) is 5.56 Å². The number of carbonyl (C=O) groups excluding carboxylic acids is 1. The Kier molecular flexibility index (Phi) is 6.54. The van der Waals surface area contributed by atoms with Crippen LogP contribution >= 0.6 is 11.8 Å². The number of aliphatic hydroxyl groups excluding tert-OH is 1. The third-order valence-corrected chi connectivity index (χ3v) is 4.18. The second-order valence-corrected chi connectivity index (χ2v) is 6.73. The number of nitrogens with one attached hydrogen (secondary N) is 1. The number of thioether (sulfide) groups is 1. The Balaban J connectivity index is 2.04. The second kappa shape index (κ2) is 8.63. The van der Waals surface area contributed by atoms with E-state index in [1.165, 1.54) is 6.21 Å². The van der Waals surface area contributed by atoms with Crippen LogP contribution in [0.4, 0.5) is 0 Å². The molecule has 1 unspecified atom stereocenters. The maximum absolute atomic E-state index is 11.6. The summed E-state index contributed by atoms with van der Waals surface area (Å²) in [6.07, 6.45) is 1.21. The van der Waals surface area contributed by atoms with Crippen molar-refractivity contribution in [2.45, 2.75) is 38.2 Å². The first-order valence-corrected chi connectivity index (χ1v) is 8.47. The molecule has 8 nitrogen and oxygen atoms in total. The summed E-state index contributed by atoms with van der Waals surface area (Å²) >= 11 is 1.03. The number of aliphatic hydroxyl groups is 1. The van der Waals surface area contributed by atoms with E-state index in [4.69, 9.17) is 9.84 Å². The van der Waals surface area contributed by atoms with E-state index < -0.39 is 11.2 Å². The molecule has 0 aromatic heterocycles. The van der Waals surface area contributed by atoms with Crippen LogP contribution in [0.25, 0.3) is 0 Å². The van der Waals surface area contributed by atoms with Crippen LogP contribution in [0.1, 0.15) is 31.4 Å². The molecule has 134 valence electrons. The smallest absolute Gasteiger partial charge is 0.305 e. The number of carboxylic acids is 1. The lowest BCUT2D eigenvalue weighted by Crippen LogP contribution is -2.26. The van der Waals surface area contributed by atoms with E-state index in [0.29, 0.717) is 16.9 Å². The van der Waals surface area contributed by atoms with Crippen molar-refractivity contribution in [1.82, 2.24) is 5.32 Å². The molecule has 9 heteroatoms. The van der Waals surface area contributed by atoms with Crippen molar-refractivity contribution in [2.75, 3.05) is 0 Å². The highest BCUT2D eigenvalue weighted by molar-refractivity contribution is 8.15. The minimum atomic E-state index is -1.04. The minimum absolute atomic E-state index is 0.00188. The summed E-state index contributed by atoms with van der Waals surface area (Å²) in [7, 11) is 0. The van der Waals surface area contributed by atoms with Gasteiger partial charge >= 0.3 is 5.97 Å². The number of carboxylic acid groups (broad SMARTS) is 1. The molecule has 0 radical (unpaired) electrons. The molecule has 2 rings (SSSR count). The summed E-state index contributed by atoms with van der Waals surface area (Å²) < 4.78 is 5.60. The van der Waals surface area contributed by atoms with Gasteiger partial charge in [0.2, 0.25) is 5.91 Å². The van der Waals surface area contributed by atoms with Crippen molar-refractivity contribution in [3.05, 3.63) is 29.3 Å². The van der Waals surface area contributed by atoms with Gasteiger partial charge in [-0.05, 0) is 37.6 Å². The van der Waals surface area contributed by atoms with Gasteiger partial charge in [0.25, 0.3) is 0 Å². The Morgan fingerprint density at radius 1 is 1.48 bits per heavy atom. The fraction of sp³-hybridized carbons (Fsp3) is 0.375. The van der Waals surface area contributed by atoms with Crippen molar-refractivity contribution >= 4 is 35.0 Å². The molecule has 0 aliphatic carbocycles. The molecule has 1 saturated heterocycles. The third-order valence-electron chi connectivity index (χ3n) is 3.11. The maximum Gasteiger partial charge on any atom is 0.305 e. The minimum Gasteiger partial charge on any atom is -0.491 e. The van der Waals surface area contributed by atoms with Crippen LogP contribution in [0.15, 0.2) is 28.4 Å². The fourth-order valence-electron chi connectivity index (χ4n) is 2.07. The summed E-state index contributed by atoms with van der Waals surface area (Å²) in [4.78, 5) is 22.3. The van der Waals surface area contributed by atoms with Crippen LogP contribution in [-0.2, 0) is 16.2 Å². The Morgan fingerprint density at radius 2 is 2.24 bits per heavy atom. The first kappa shape index (κ1) is 18.9. The quantitative estimate of drug-likeness (QED) is 0.496. The SMILES string of the molecule is CC(C)Oc1ccc(C=NN=C2NC(=O)C(CC(=O)O)S2)cc1CO. The van der Waals surface area contributed by atoms with Gasteiger partial charge in [-0.1, -0.05) is 11.8 Å². The highest BCUT2D eigenvalue weighted by Gasteiger charge is 2.32. The lowest BCUT2D eigenvalue weighted by atomic mass is 10.1. The monoisotopic (exact) mass is 365 g/mol. The largest absolute Gasteiger partial charge is 0.491 e. The Hall–Kier alpha value is -2.39. The number of hydrogen-bond donors (Lipinski definition) is 3. The molecular weight excluding hydrogens is 346 g/mol. The lowest BCUT2D eigenvalue weighted by molar-refractivity contribution is -0.138. The van der Waals surface area contributed by atoms with E-state index in [0.717, 1.165) is 11.8 Å². The van der Waals surface area contributed by atoms with E-state index in [2.05, 4.69) is 15.5 Å². The zero-order valence-electron chi connectivity index (χ0n) is 13.8. The van der Waals surface area contributed by atoms with Crippen LogP contribution in [0.3, 0.4) is 0 Å². The van der Waals surface area contributed by atoms with Gasteiger partial charge in [0.15, 0.2) is 5.17 Å². The van der Waals surface area contributed by atoms with Crippen molar-refractivity contribution in [3.8, 4) is 5.75 Å². The number of benzene rings is 1. The molecule has 3 N–H and O–H groups in total. The third kappa shape index (κ3) is 5.57. The van der Waals surface area contributed by atoms with E-state index in [9.17, 15) is 14.7 Å². The maximum atomic E-state index is 11.6. The highest BCUT2D eigenvalue weighted by Crippen LogP contribution is 2.23. The molecule has 0 bridgehead atoms. The lowest BCUT2D eigenvalue weighted by Gasteiger charge is -2.13. The van der Waals surface area contributed by atoms with Crippen molar-refractivity contribution < 1.29 is 24.5 Å². The Morgan fingerprint density at radius 3 is 2.88 bits per heavy atom. The molecular formula is C16H19N3O5S. The molecule has 1 heterocycles. The van der Waals surface area contributed by atoms with Gasteiger partial charge in [-0.15, -0.1) is 5.10 Å². The van der Waals surface area contributed by atoms with Crippen LogP contribution in [0, 0.1) is 0 Å². The zero-order chi connectivity index (χ0) is 18.4. The number of rotatable bonds is 7. The van der Waals surface area contributed by atoms with Gasteiger partial charge < -0.3 is 20.3 Å². The average molecular weight is 365 g/mol. The summed E-state index contributed by atoms with van der Waals surface area (Å²) in [5.74, 6) is -0.826. The predicted molar refractivity (Wildman–Crippen MR) is 94.9 cm³/mol. The zero-order valence-corrected chi connectivity index (χ0v) is 14.6. The normalized spacial score (nSPS) is 19.0. The van der Waals surface area contributed by atoms with E-state index >= 15 is 0 Å². The number of ether oxygens (including phenoxy) is 1. The highest BCUT2D eigenvalue weighted by atomic mass is 32.2. The number of carbonyl (C=O) groups is 2. The molecule has 0 saturated carbocycles. The Labute approximate surface area is 149 Å². The average Bonchev–Trinajstić information content (AvgIpc) is 2.87. The number of hydrogen-bond acceptors (Lipinski definition) is 7. The topological polar surface area (TPSA) is 121 Å². The molecule has 1 aromatic rings. The molecule has 1 aliphatic heterocycles. The van der Waals surface area contributed by atoms with Gasteiger partial charge in [0.1, 0.15) is 11.0 Å². The van der Waals surface area contributed by atoms with Gasteiger partial charge in [-0.25, -0.2) is 0 Å². The van der Waals surface area contributed by atoms with Crippen molar-refractivity contribution in [3.63, 3.8) is 0 Å². The van der Waals surface area contributed by atoms with Crippen LogP contribution < -0.4 is 10.1 Å². The van der Waals surface area contributed by atoms with Gasteiger partial charge in [-0.3, -0.25) is 9.59 Å². The summed E-state index contributed by atoms with van der Waals surface area (Å²) in [6.45, 7) is 3.64. The molecule has 1 fully saturated rings.